The van der Waals surface area contributed by atoms with Gasteiger partial charge in [-0.05, 0) is 69.4 Å². The van der Waals surface area contributed by atoms with Crippen molar-refractivity contribution in [2.24, 2.45) is 17.3 Å². The maximum absolute atomic E-state index is 14.2. The van der Waals surface area contributed by atoms with E-state index < -0.39 is 29.7 Å². The fourth-order valence-electron chi connectivity index (χ4n) is 6.60. The zero-order valence-electron chi connectivity index (χ0n) is 26.4. The number of carbonyl (C=O) groups is 3. The predicted molar refractivity (Wildman–Crippen MR) is 162 cm³/mol. The van der Waals surface area contributed by atoms with Crippen LogP contribution in [0.3, 0.4) is 0 Å². The summed E-state index contributed by atoms with van der Waals surface area (Å²) in [5.41, 5.74) is 1.61. The van der Waals surface area contributed by atoms with E-state index in [1.54, 1.807) is 4.90 Å². The number of nitrogens with zero attached hydrogens (tertiary/aromatic N) is 3. The van der Waals surface area contributed by atoms with Gasteiger partial charge in [0.15, 0.2) is 5.78 Å². The van der Waals surface area contributed by atoms with Gasteiger partial charge in [0.05, 0.1) is 30.2 Å². The second-order valence-electron chi connectivity index (χ2n) is 13.3. The highest BCUT2D eigenvalue weighted by molar-refractivity contribution is 5.92. The molecule has 10 nitrogen and oxygen atoms in total. The third-order valence-electron chi connectivity index (χ3n) is 8.99. The fourth-order valence-corrected chi connectivity index (χ4v) is 6.60. The molecule has 0 spiro atoms. The summed E-state index contributed by atoms with van der Waals surface area (Å²) in [5, 5.41) is 2.86. The Labute approximate surface area is 254 Å². The maximum Gasteiger partial charge on any atom is 0.408 e. The highest BCUT2D eigenvalue weighted by Crippen LogP contribution is 2.39. The Hall–Kier alpha value is -3.43. The lowest BCUT2D eigenvalue weighted by atomic mass is 9.85. The van der Waals surface area contributed by atoms with Gasteiger partial charge in [-0.2, -0.15) is 0 Å². The molecule has 1 aromatic heterocycles. The molecule has 43 heavy (non-hydrogen) atoms. The summed E-state index contributed by atoms with van der Waals surface area (Å²) in [4.78, 5) is 51.7. The third kappa shape index (κ3) is 6.88. The summed E-state index contributed by atoms with van der Waals surface area (Å²) in [6.45, 7) is 11.9. The molecule has 1 aromatic carbocycles. The molecule has 2 bridgehead atoms. The molecule has 3 heterocycles. The van der Waals surface area contributed by atoms with Crippen molar-refractivity contribution in [3.05, 3.63) is 23.9 Å². The quantitative estimate of drug-likeness (QED) is 0.510. The van der Waals surface area contributed by atoms with Crippen LogP contribution in [0.1, 0.15) is 85.8 Å². The van der Waals surface area contributed by atoms with Crippen LogP contribution in [0.15, 0.2) is 18.2 Å². The van der Waals surface area contributed by atoms with E-state index in [4.69, 9.17) is 24.2 Å². The number of hydrogen-bond acceptors (Lipinski definition) is 8. The smallest absolute Gasteiger partial charge is 0.408 e. The van der Waals surface area contributed by atoms with Crippen molar-refractivity contribution in [3.63, 3.8) is 0 Å². The van der Waals surface area contributed by atoms with Gasteiger partial charge in [-0.25, -0.2) is 14.8 Å². The highest BCUT2D eigenvalue weighted by Gasteiger charge is 2.50. The highest BCUT2D eigenvalue weighted by atomic mass is 16.6. The van der Waals surface area contributed by atoms with Gasteiger partial charge in [-0.1, -0.05) is 40.5 Å². The molecule has 3 aliphatic rings. The average Bonchev–Trinajstić information content (AvgIpc) is 3.56. The van der Waals surface area contributed by atoms with Crippen LogP contribution in [0.25, 0.3) is 11.0 Å². The molecule has 5 rings (SSSR count). The second kappa shape index (κ2) is 12.7. The van der Waals surface area contributed by atoms with E-state index in [9.17, 15) is 14.4 Å². The molecule has 1 saturated heterocycles. The van der Waals surface area contributed by atoms with E-state index in [1.165, 1.54) is 6.92 Å². The molecular formula is C33H46N4O6. The number of aryl methyl sites for hydroxylation is 1. The SMILES string of the molecule is CCOc1ccc2nc3c(nc2c1)O[C@H]1CN(C(=O)[C@H](C(C)(C)C)NC(=O)O[C@@H]2C[C@H]2CCCCC3)[C@H](C(C)=O)[C@@H]1CC. The number of rotatable bonds is 4. The largest absolute Gasteiger partial charge is 0.494 e. The molecule has 2 aromatic rings. The molecule has 10 heteroatoms. The molecule has 234 valence electrons. The summed E-state index contributed by atoms with van der Waals surface area (Å²) < 4.78 is 18.1. The van der Waals surface area contributed by atoms with E-state index >= 15 is 0 Å². The number of amides is 2. The van der Waals surface area contributed by atoms with Gasteiger partial charge in [-0.15, -0.1) is 0 Å². The summed E-state index contributed by atoms with van der Waals surface area (Å²) >= 11 is 0. The second-order valence-corrected chi connectivity index (χ2v) is 13.3. The van der Waals surface area contributed by atoms with Gasteiger partial charge < -0.3 is 24.4 Å². The first-order valence-corrected chi connectivity index (χ1v) is 15.9. The number of fused-ring (bicyclic) bond motifs is 5. The van der Waals surface area contributed by atoms with E-state index in [2.05, 4.69) is 5.32 Å². The molecule has 0 radical (unpaired) electrons. The third-order valence-corrected chi connectivity index (χ3v) is 8.99. The Morgan fingerprint density at radius 3 is 2.56 bits per heavy atom. The van der Waals surface area contributed by atoms with E-state index in [0.717, 1.165) is 43.3 Å². The molecule has 6 atom stereocenters. The molecule has 2 fully saturated rings. The number of carbonyl (C=O) groups excluding carboxylic acids is 3. The van der Waals surface area contributed by atoms with Crippen molar-refractivity contribution >= 4 is 28.8 Å². The molecule has 1 aliphatic carbocycles. The molecule has 1 saturated carbocycles. The first kappa shape index (κ1) is 31.0. The van der Waals surface area contributed by atoms with Crippen molar-refractivity contribution in [1.29, 1.82) is 0 Å². The number of hydrogen-bond donors (Lipinski definition) is 1. The summed E-state index contributed by atoms with van der Waals surface area (Å²) in [7, 11) is 0. The van der Waals surface area contributed by atoms with E-state index in [0.29, 0.717) is 42.5 Å². The first-order valence-electron chi connectivity index (χ1n) is 15.9. The van der Waals surface area contributed by atoms with Crippen LogP contribution in [0, 0.1) is 17.3 Å². The van der Waals surface area contributed by atoms with Crippen LogP contribution >= 0.6 is 0 Å². The summed E-state index contributed by atoms with van der Waals surface area (Å²) in [6, 6.07) is 4.14. The molecule has 0 unspecified atom stereocenters. The average molecular weight is 595 g/mol. The van der Waals surface area contributed by atoms with Gasteiger partial charge >= 0.3 is 6.09 Å². The van der Waals surface area contributed by atoms with Gasteiger partial charge in [0.25, 0.3) is 0 Å². The number of alkyl carbamates (subject to hydrolysis) is 1. The lowest BCUT2D eigenvalue weighted by Gasteiger charge is -2.35. The van der Waals surface area contributed by atoms with Crippen molar-refractivity contribution in [1.82, 2.24) is 20.2 Å². The maximum atomic E-state index is 14.2. The van der Waals surface area contributed by atoms with E-state index in [1.807, 2.05) is 52.8 Å². The zero-order chi connectivity index (χ0) is 30.9. The number of Topliss-reactive ketones (excluding diaryl/α,β-unsaturated/α-hetero) is 1. The Morgan fingerprint density at radius 2 is 1.86 bits per heavy atom. The van der Waals surface area contributed by atoms with Gasteiger partial charge in [0, 0.05) is 12.0 Å². The minimum Gasteiger partial charge on any atom is -0.494 e. The van der Waals surface area contributed by atoms with Gasteiger partial charge in [0.1, 0.15) is 29.7 Å². The predicted octanol–water partition coefficient (Wildman–Crippen LogP) is 5.25. The normalized spacial score (nSPS) is 28.5. The first-order chi connectivity index (χ1) is 20.5. The Balaban J connectivity index is 1.53. The zero-order valence-corrected chi connectivity index (χ0v) is 26.4. The Bertz CT molecular complexity index is 1360. The standard InChI is InChI=1S/C33H46N4O6/c1-7-22-27-18-37(28(22)19(3)38)31(39)29(33(4,5)6)36-32(40)43-26-16-20(26)12-10-9-11-13-24-30(42-27)35-25-17-21(41-8-2)14-15-23(25)34-24/h14-15,17,20,22,26-29H,7-13,16,18H2,1-6H3,(H,36,40)/t20-,22-,26-,27+,28-,29-/m1/s1. The van der Waals surface area contributed by atoms with Crippen LogP contribution in [0.2, 0.25) is 0 Å². The monoisotopic (exact) mass is 594 g/mol. The van der Waals surface area contributed by atoms with Gasteiger partial charge in [-0.3, -0.25) is 9.59 Å². The number of benzene rings is 1. The van der Waals surface area contributed by atoms with Crippen LogP contribution < -0.4 is 14.8 Å². The Morgan fingerprint density at radius 1 is 1.07 bits per heavy atom. The number of ether oxygens (including phenoxy) is 3. The van der Waals surface area contributed by atoms with Crippen molar-refractivity contribution in [3.8, 4) is 11.6 Å². The lowest BCUT2D eigenvalue weighted by Crippen LogP contribution is -2.57. The van der Waals surface area contributed by atoms with Crippen molar-refractivity contribution < 1.29 is 28.6 Å². The van der Waals surface area contributed by atoms with Crippen LogP contribution in [-0.4, -0.2) is 70.1 Å². The molecular weight excluding hydrogens is 548 g/mol. The summed E-state index contributed by atoms with van der Waals surface area (Å²) in [5.74, 6) is 0.831. The number of nitrogens with one attached hydrogen (secondary N) is 1. The lowest BCUT2D eigenvalue weighted by molar-refractivity contribution is -0.141. The Kier molecular flexibility index (Phi) is 9.13. The van der Waals surface area contributed by atoms with Gasteiger partial charge in [0.2, 0.25) is 11.8 Å². The van der Waals surface area contributed by atoms with Crippen LogP contribution in [0.4, 0.5) is 4.79 Å². The van der Waals surface area contributed by atoms with Crippen molar-refractivity contribution in [2.75, 3.05) is 13.2 Å². The van der Waals surface area contributed by atoms with E-state index in [-0.39, 0.29) is 30.3 Å². The topological polar surface area (TPSA) is 120 Å². The van der Waals surface area contributed by atoms with Crippen molar-refractivity contribution in [2.45, 2.75) is 111 Å². The summed E-state index contributed by atoms with van der Waals surface area (Å²) in [6.07, 6.45) is 4.95. The van der Waals surface area contributed by atoms with Crippen LogP contribution in [-0.2, 0) is 20.7 Å². The molecule has 2 amide bonds. The molecule has 2 aliphatic heterocycles. The molecule has 1 N–H and O–H groups in total. The number of ketones is 1. The fraction of sp³-hybridized carbons (Fsp3) is 0.667. The van der Waals surface area contributed by atoms with Crippen LogP contribution in [0.5, 0.6) is 11.6 Å². The minimum absolute atomic E-state index is 0.112. The minimum atomic E-state index is -0.873. The number of aromatic nitrogens is 2.